The van der Waals surface area contributed by atoms with Crippen LogP contribution >= 0.6 is 0 Å². The van der Waals surface area contributed by atoms with Crippen LogP contribution in [0.5, 0.6) is 0 Å². The van der Waals surface area contributed by atoms with Crippen molar-refractivity contribution in [2.24, 2.45) is 0 Å². The van der Waals surface area contributed by atoms with E-state index in [9.17, 15) is 9.59 Å². The first-order chi connectivity index (χ1) is 8.16. The fourth-order valence-corrected chi connectivity index (χ4v) is 1.57. The molecule has 0 atom stereocenters. The summed E-state index contributed by atoms with van der Waals surface area (Å²) in [5.74, 6) is -0.634. The lowest BCUT2D eigenvalue weighted by molar-refractivity contribution is -0.120. The lowest BCUT2D eigenvalue weighted by atomic mass is 10.1. The molecule has 0 bridgehead atoms. The molecule has 0 spiro atoms. The molecule has 3 nitrogen and oxygen atoms in total. The van der Waals surface area contributed by atoms with Crippen molar-refractivity contribution in [1.82, 2.24) is 0 Å². The van der Waals surface area contributed by atoms with Gasteiger partial charge in [0.1, 0.15) is 6.61 Å². The van der Waals surface area contributed by atoms with Crippen LogP contribution in [0.2, 0.25) is 0 Å². The van der Waals surface area contributed by atoms with Crippen molar-refractivity contribution >= 4 is 22.5 Å². The Morgan fingerprint density at radius 3 is 2.47 bits per heavy atom. The van der Waals surface area contributed by atoms with Gasteiger partial charge < -0.3 is 4.74 Å². The fourth-order valence-electron chi connectivity index (χ4n) is 1.57. The maximum Gasteiger partial charge on any atom is 0.338 e. The van der Waals surface area contributed by atoms with E-state index < -0.39 is 5.97 Å². The molecule has 0 aliphatic carbocycles. The van der Waals surface area contributed by atoms with E-state index in [1.165, 1.54) is 6.92 Å². The molecule has 0 aliphatic heterocycles. The molecule has 2 aromatic carbocycles. The molecule has 0 amide bonds. The summed E-state index contributed by atoms with van der Waals surface area (Å²) in [7, 11) is 0. The van der Waals surface area contributed by atoms with Crippen LogP contribution in [0.3, 0.4) is 0 Å². The number of carbonyl (C=O) groups excluding carboxylic acids is 2. The van der Waals surface area contributed by atoms with Crippen LogP contribution in [0.25, 0.3) is 10.8 Å². The first kappa shape index (κ1) is 11.3. The summed E-state index contributed by atoms with van der Waals surface area (Å²) in [6, 6.07) is 13.1. The highest BCUT2D eigenvalue weighted by atomic mass is 16.5. The van der Waals surface area contributed by atoms with Crippen molar-refractivity contribution in [2.75, 3.05) is 6.61 Å². The SMILES string of the molecule is CC(=O)COC(=O)c1ccc2ccccc2c1. The van der Waals surface area contributed by atoms with Crippen LogP contribution in [0.15, 0.2) is 42.5 Å². The van der Waals surface area contributed by atoms with Gasteiger partial charge in [0.25, 0.3) is 0 Å². The molecule has 0 unspecified atom stereocenters. The number of hydrogen-bond acceptors (Lipinski definition) is 3. The van der Waals surface area contributed by atoms with E-state index in [4.69, 9.17) is 4.74 Å². The number of fused-ring (bicyclic) bond motifs is 1. The van der Waals surface area contributed by atoms with Crippen molar-refractivity contribution in [2.45, 2.75) is 6.92 Å². The Kier molecular flexibility index (Phi) is 3.19. The molecular weight excluding hydrogens is 216 g/mol. The second-order valence-corrected chi connectivity index (χ2v) is 3.84. The van der Waals surface area contributed by atoms with E-state index in [0.717, 1.165) is 10.8 Å². The maximum atomic E-state index is 11.6. The maximum absolute atomic E-state index is 11.6. The van der Waals surface area contributed by atoms with Crippen LogP contribution in [0.1, 0.15) is 17.3 Å². The highest BCUT2D eigenvalue weighted by Gasteiger charge is 2.08. The van der Waals surface area contributed by atoms with Gasteiger partial charge >= 0.3 is 5.97 Å². The van der Waals surface area contributed by atoms with Crippen LogP contribution in [0, 0.1) is 0 Å². The number of esters is 1. The van der Waals surface area contributed by atoms with Crippen molar-refractivity contribution < 1.29 is 14.3 Å². The third-order valence-corrected chi connectivity index (χ3v) is 2.39. The van der Waals surface area contributed by atoms with Gasteiger partial charge in [-0.25, -0.2) is 4.79 Å². The first-order valence-electron chi connectivity index (χ1n) is 5.32. The highest BCUT2D eigenvalue weighted by molar-refractivity contribution is 5.96. The minimum Gasteiger partial charge on any atom is -0.454 e. The van der Waals surface area contributed by atoms with Crippen molar-refractivity contribution in [3.8, 4) is 0 Å². The van der Waals surface area contributed by atoms with Gasteiger partial charge in [0.05, 0.1) is 5.56 Å². The number of Topliss-reactive ketones (excluding diaryl/α,β-unsaturated/α-hetero) is 1. The minimum atomic E-state index is -0.467. The molecule has 0 aromatic heterocycles. The number of hydrogen-bond donors (Lipinski definition) is 0. The van der Waals surface area contributed by atoms with E-state index in [2.05, 4.69) is 0 Å². The fraction of sp³-hybridized carbons (Fsp3) is 0.143. The van der Waals surface area contributed by atoms with Gasteiger partial charge in [0.15, 0.2) is 5.78 Å². The van der Waals surface area contributed by atoms with Crippen LogP contribution in [-0.4, -0.2) is 18.4 Å². The molecule has 0 aliphatic rings. The zero-order chi connectivity index (χ0) is 12.3. The molecule has 0 fully saturated rings. The Hall–Kier alpha value is -2.16. The van der Waals surface area contributed by atoms with Crippen LogP contribution in [-0.2, 0) is 9.53 Å². The van der Waals surface area contributed by atoms with E-state index in [1.54, 1.807) is 12.1 Å². The Bertz CT molecular complexity index is 572. The molecule has 2 aromatic rings. The summed E-state index contributed by atoms with van der Waals surface area (Å²) >= 11 is 0. The molecule has 0 heterocycles. The van der Waals surface area contributed by atoms with Crippen LogP contribution < -0.4 is 0 Å². The lowest BCUT2D eigenvalue weighted by Gasteiger charge is -2.03. The summed E-state index contributed by atoms with van der Waals surface area (Å²) < 4.78 is 4.85. The second kappa shape index (κ2) is 4.78. The molecule has 2 rings (SSSR count). The molecule has 0 N–H and O–H groups in total. The Balaban J connectivity index is 2.24. The van der Waals surface area contributed by atoms with Gasteiger partial charge in [0, 0.05) is 0 Å². The topological polar surface area (TPSA) is 43.4 Å². The zero-order valence-electron chi connectivity index (χ0n) is 9.47. The first-order valence-corrected chi connectivity index (χ1v) is 5.32. The second-order valence-electron chi connectivity index (χ2n) is 3.84. The third-order valence-electron chi connectivity index (χ3n) is 2.39. The smallest absolute Gasteiger partial charge is 0.338 e. The van der Waals surface area contributed by atoms with Crippen molar-refractivity contribution in [3.05, 3.63) is 48.0 Å². The molecule has 0 saturated carbocycles. The Labute approximate surface area is 99.0 Å². The standard InChI is InChI=1S/C14H12O3/c1-10(15)9-17-14(16)13-7-6-11-4-2-3-5-12(11)8-13/h2-8H,9H2,1H3. The van der Waals surface area contributed by atoms with Gasteiger partial charge in [0.2, 0.25) is 0 Å². The summed E-state index contributed by atoms with van der Waals surface area (Å²) in [6.45, 7) is 1.21. The van der Waals surface area contributed by atoms with Crippen molar-refractivity contribution in [1.29, 1.82) is 0 Å². The summed E-state index contributed by atoms with van der Waals surface area (Å²) in [4.78, 5) is 22.3. The van der Waals surface area contributed by atoms with E-state index in [1.807, 2.05) is 30.3 Å². The van der Waals surface area contributed by atoms with Crippen molar-refractivity contribution in [3.63, 3.8) is 0 Å². The van der Waals surface area contributed by atoms with Gasteiger partial charge in [-0.3, -0.25) is 4.79 Å². The predicted octanol–water partition coefficient (Wildman–Crippen LogP) is 2.59. The minimum absolute atomic E-state index is 0.167. The largest absolute Gasteiger partial charge is 0.454 e. The molecule has 3 heteroatoms. The molecule has 0 saturated heterocycles. The zero-order valence-corrected chi connectivity index (χ0v) is 9.47. The number of rotatable bonds is 3. The third kappa shape index (κ3) is 2.69. The van der Waals surface area contributed by atoms with E-state index in [-0.39, 0.29) is 12.4 Å². The Morgan fingerprint density at radius 1 is 1.06 bits per heavy atom. The quantitative estimate of drug-likeness (QED) is 0.758. The van der Waals surface area contributed by atoms with E-state index in [0.29, 0.717) is 5.56 Å². The summed E-state index contributed by atoms with van der Waals surface area (Å²) in [5, 5.41) is 2.04. The summed E-state index contributed by atoms with van der Waals surface area (Å²) in [5.41, 5.74) is 0.463. The monoisotopic (exact) mass is 228 g/mol. The summed E-state index contributed by atoms with van der Waals surface area (Å²) in [6.07, 6.45) is 0. The molecule has 86 valence electrons. The Morgan fingerprint density at radius 2 is 1.76 bits per heavy atom. The predicted molar refractivity (Wildman–Crippen MR) is 64.9 cm³/mol. The average molecular weight is 228 g/mol. The van der Waals surface area contributed by atoms with Crippen LogP contribution in [0.4, 0.5) is 0 Å². The van der Waals surface area contributed by atoms with Gasteiger partial charge in [-0.2, -0.15) is 0 Å². The number of ketones is 1. The van der Waals surface area contributed by atoms with Gasteiger partial charge in [-0.05, 0) is 29.8 Å². The molecule has 0 radical (unpaired) electrons. The van der Waals surface area contributed by atoms with E-state index >= 15 is 0 Å². The molecule has 17 heavy (non-hydrogen) atoms. The lowest BCUT2D eigenvalue weighted by Crippen LogP contribution is -2.11. The average Bonchev–Trinajstić information content (AvgIpc) is 2.35. The number of benzene rings is 2. The normalized spacial score (nSPS) is 10.2. The van der Waals surface area contributed by atoms with Gasteiger partial charge in [-0.15, -0.1) is 0 Å². The van der Waals surface area contributed by atoms with Gasteiger partial charge in [-0.1, -0.05) is 30.3 Å². The highest BCUT2D eigenvalue weighted by Crippen LogP contribution is 2.16. The number of carbonyl (C=O) groups is 2. The molecular formula is C14H12O3. The number of ether oxygens (including phenoxy) is 1.